The van der Waals surface area contributed by atoms with Gasteiger partial charge in [0.25, 0.3) is 5.56 Å². The van der Waals surface area contributed by atoms with E-state index in [-0.39, 0.29) is 17.9 Å². The van der Waals surface area contributed by atoms with Crippen LogP contribution in [0.25, 0.3) is 0 Å². The molecule has 1 aromatic carbocycles. The van der Waals surface area contributed by atoms with Gasteiger partial charge in [0, 0.05) is 24.2 Å². The van der Waals surface area contributed by atoms with Crippen molar-refractivity contribution in [2.24, 2.45) is 5.92 Å². The zero-order chi connectivity index (χ0) is 18.5. The first-order chi connectivity index (χ1) is 12.6. The smallest absolute Gasteiger partial charge is 0.254 e. The van der Waals surface area contributed by atoms with Crippen LogP contribution in [0.4, 0.5) is 0 Å². The van der Waals surface area contributed by atoms with E-state index in [0.717, 1.165) is 18.6 Å². The van der Waals surface area contributed by atoms with E-state index in [1.807, 2.05) is 25.1 Å². The van der Waals surface area contributed by atoms with Crippen molar-refractivity contribution in [2.75, 3.05) is 13.2 Å². The zero-order valence-corrected chi connectivity index (χ0v) is 15.3. The maximum atomic E-state index is 12.3. The van der Waals surface area contributed by atoms with Crippen LogP contribution in [0.2, 0.25) is 0 Å². The lowest BCUT2D eigenvalue weighted by atomic mass is 9.97. The Morgan fingerprint density at radius 2 is 2.19 bits per heavy atom. The van der Waals surface area contributed by atoms with Gasteiger partial charge in [0.15, 0.2) is 0 Å². The third kappa shape index (κ3) is 4.31. The number of carbonyl (C=O) groups excluding carboxylic acids is 1. The molecule has 0 aliphatic carbocycles. The number of aromatic amines is 1. The standard InChI is InChI=1S/C20H25N3O3/c1-3-18-22-13(2)16(20(25)23-18)11-19(24)21-12-14-8-9-26-17-7-5-4-6-15(17)10-14/h4-7,14H,3,8-12H2,1-2H3,(H,21,24)(H,22,23,25). The molecule has 138 valence electrons. The van der Waals surface area contributed by atoms with E-state index in [9.17, 15) is 9.59 Å². The van der Waals surface area contributed by atoms with Crippen molar-refractivity contribution in [2.45, 2.75) is 39.5 Å². The summed E-state index contributed by atoms with van der Waals surface area (Å²) in [5.74, 6) is 1.75. The Labute approximate surface area is 153 Å². The highest BCUT2D eigenvalue weighted by Gasteiger charge is 2.19. The van der Waals surface area contributed by atoms with E-state index in [4.69, 9.17) is 4.74 Å². The summed E-state index contributed by atoms with van der Waals surface area (Å²) in [6, 6.07) is 8.03. The van der Waals surface area contributed by atoms with Gasteiger partial charge in [0.2, 0.25) is 5.91 Å². The molecule has 1 unspecified atom stereocenters. The van der Waals surface area contributed by atoms with E-state index in [1.165, 1.54) is 5.56 Å². The second kappa shape index (κ2) is 8.17. The molecule has 26 heavy (non-hydrogen) atoms. The topological polar surface area (TPSA) is 84.1 Å². The van der Waals surface area contributed by atoms with Crippen molar-refractivity contribution in [3.8, 4) is 5.75 Å². The van der Waals surface area contributed by atoms with Crippen LogP contribution >= 0.6 is 0 Å². The van der Waals surface area contributed by atoms with Gasteiger partial charge in [-0.25, -0.2) is 4.98 Å². The van der Waals surface area contributed by atoms with Gasteiger partial charge in [-0.3, -0.25) is 9.59 Å². The predicted molar refractivity (Wildman–Crippen MR) is 99.4 cm³/mol. The number of hydrogen-bond donors (Lipinski definition) is 2. The van der Waals surface area contributed by atoms with Crippen LogP contribution < -0.4 is 15.6 Å². The van der Waals surface area contributed by atoms with Crippen LogP contribution in [0, 0.1) is 12.8 Å². The summed E-state index contributed by atoms with van der Waals surface area (Å²) < 4.78 is 5.77. The average Bonchev–Trinajstić information content (AvgIpc) is 2.84. The normalized spacial score (nSPS) is 16.3. The van der Waals surface area contributed by atoms with Gasteiger partial charge >= 0.3 is 0 Å². The van der Waals surface area contributed by atoms with Crippen LogP contribution in [0.3, 0.4) is 0 Å². The molecular formula is C20H25N3O3. The molecule has 1 atom stereocenters. The van der Waals surface area contributed by atoms with E-state index >= 15 is 0 Å². The molecule has 0 saturated heterocycles. The maximum Gasteiger partial charge on any atom is 0.254 e. The lowest BCUT2D eigenvalue weighted by Gasteiger charge is -2.15. The molecule has 2 heterocycles. The highest BCUT2D eigenvalue weighted by Crippen LogP contribution is 2.26. The monoisotopic (exact) mass is 355 g/mol. The minimum atomic E-state index is -0.221. The lowest BCUT2D eigenvalue weighted by molar-refractivity contribution is -0.120. The van der Waals surface area contributed by atoms with E-state index in [0.29, 0.717) is 42.6 Å². The number of ether oxygens (including phenoxy) is 1. The summed E-state index contributed by atoms with van der Waals surface area (Å²) >= 11 is 0. The molecule has 0 bridgehead atoms. The van der Waals surface area contributed by atoms with Gasteiger partial charge in [0.05, 0.1) is 13.0 Å². The van der Waals surface area contributed by atoms with E-state index < -0.39 is 0 Å². The van der Waals surface area contributed by atoms with Crippen LogP contribution in [0.15, 0.2) is 29.1 Å². The first-order valence-corrected chi connectivity index (χ1v) is 9.13. The molecule has 6 nitrogen and oxygen atoms in total. The number of nitrogens with zero attached hydrogens (tertiary/aromatic N) is 1. The number of aromatic nitrogens is 2. The summed E-state index contributed by atoms with van der Waals surface area (Å²) in [5, 5.41) is 2.97. The van der Waals surface area contributed by atoms with Crippen LogP contribution in [0.1, 0.15) is 36.0 Å². The maximum absolute atomic E-state index is 12.3. The molecule has 1 aliphatic heterocycles. The Morgan fingerprint density at radius 3 is 2.96 bits per heavy atom. The summed E-state index contributed by atoms with van der Waals surface area (Å²) in [7, 11) is 0. The van der Waals surface area contributed by atoms with Crippen LogP contribution in [0.5, 0.6) is 5.75 Å². The third-order valence-corrected chi connectivity index (χ3v) is 4.80. The Morgan fingerprint density at radius 1 is 1.38 bits per heavy atom. The summed E-state index contributed by atoms with van der Waals surface area (Å²) in [5.41, 5.74) is 2.02. The second-order valence-electron chi connectivity index (χ2n) is 6.73. The number of aryl methyl sites for hydroxylation is 2. The zero-order valence-electron chi connectivity index (χ0n) is 15.3. The number of H-pyrrole nitrogens is 1. The quantitative estimate of drug-likeness (QED) is 0.858. The number of fused-ring (bicyclic) bond motifs is 1. The highest BCUT2D eigenvalue weighted by atomic mass is 16.5. The molecule has 3 rings (SSSR count). The Balaban J connectivity index is 1.59. The molecule has 6 heteroatoms. The number of amides is 1. The minimum Gasteiger partial charge on any atom is -0.493 e. The molecule has 2 N–H and O–H groups in total. The van der Waals surface area contributed by atoms with Crippen molar-refractivity contribution >= 4 is 5.91 Å². The number of nitrogens with one attached hydrogen (secondary N) is 2. The van der Waals surface area contributed by atoms with E-state index in [1.54, 1.807) is 6.92 Å². The van der Waals surface area contributed by atoms with Crippen molar-refractivity contribution in [3.05, 3.63) is 57.3 Å². The third-order valence-electron chi connectivity index (χ3n) is 4.80. The molecule has 1 aromatic heterocycles. The fourth-order valence-corrected chi connectivity index (χ4v) is 3.26. The average molecular weight is 355 g/mol. The van der Waals surface area contributed by atoms with Crippen molar-refractivity contribution in [3.63, 3.8) is 0 Å². The largest absolute Gasteiger partial charge is 0.493 e. The van der Waals surface area contributed by atoms with Gasteiger partial charge in [0.1, 0.15) is 11.6 Å². The van der Waals surface area contributed by atoms with Crippen LogP contribution in [-0.4, -0.2) is 29.0 Å². The molecule has 1 amide bonds. The first-order valence-electron chi connectivity index (χ1n) is 9.13. The van der Waals surface area contributed by atoms with Gasteiger partial charge in [-0.2, -0.15) is 0 Å². The fourth-order valence-electron chi connectivity index (χ4n) is 3.26. The molecule has 0 fully saturated rings. The molecule has 0 spiro atoms. The van der Waals surface area contributed by atoms with Gasteiger partial charge < -0.3 is 15.0 Å². The first kappa shape index (κ1) is 18.2. The predicted octanol–water partition coefficient (Wildman–Crippen LogP) is 1.94. The molecular weight excluding hydrogens is 330 g/mol. The van der Waals surface area contributed by atoms with Gasteiger partial charge in [-0.05, 0) is 37.3 Å². The SMILES string of the molecule is CCc1nc(C)c(CC(=O)NCC2CCOc3ccccc3C2)c(=O)[nH]1. The van der Waals surface area contributed by atoms with Gasteiger partial charge in [-0.1, -0.05) is 25.1 Å². The number of para-hydroxylation sites is 1. The number of benzene rings is 1. The van der Waals surface area contributed by atoms with E-state index in [2.05, 4.69) is 21.4 Å². The Bertz CT molecular complexity index is 844. The Kier molecular flexibility index (Phi) is 5.71. The van der Waals surface area contributed by atoms with Gasteiger partial charge in [-0.15, -0.1) is 0 Å². The summed E-state index contributed by atoms with van der Waals surface area (Å²) in [6.45, 7) is 4.93. The number of rotatable bonds is 5. The Hall–Kier alpha value is -2.63. The van der Waals surface area contributed by atoms with Crippen molar-refractivity contribution in [1.29, 1.82) is 0 Å². The van der Waals surface area contributed by atoms with Crippen LogP contribution in [-0.2, 0) is 24.1 Å². The minimum absolute atomic E-state index is 0.0535. The molecule has 2 aromatic rings. The molecule has 1 aliphatic rings. The highest BCUT2D eigenvalue weighted by molar-refractivity contribution is 5.78. The number of hydrogen-bond acceptors (Lipinski definition) is 4. The lowest BCUT2D eigenvalue weighted by Crippen LogP contribution is -2.33. The fraction of sp³-hybridized carbons (Fsp3) is 0.450. The molecule has 0 saturated carbocycles. The summed E-state index contributed by atoms with van der Waals surface area (Å²) in [4.78, 5) is 31.5. The van der Waals surface area contributed by atoms with Crippen molar-refractivity contribution < 1.29 is 9.53 Å². The van der Waals surface area contributed by atoms with Crippen molar-refractivity contribution in [1.82, 2.24) is 15.3 Å². The summed E-state index contributed by atoms with van der Waals surface area (Å²) in [6.07, 6.45) is 2.48. The molecule has 0 radical (unpaired) electrons. The second-order valence-corrected chi connectivity index (χ2v) is 6.73. The number of carbonyl (C=O) groups is 1.